The highest BCUT2D eigenvalue weighted by atomic mass is 16.2. The number of benzene rings is 1. The Morgan fingerprint density at radius 1 is 1.16 bits per heavy atom. The van der Waals surface area contributed by atoms with Crippen molar-refractivity contribution in [2.24, 2.45) is 0 Å². The smallest absolute Gasteiger partial charge is 0.325 e. The van der Waals surface area contributed by atoms with E-state index >= 15 is 0 Å². The lowest BCUT2D eigenvalue weighted by Gasteiger charge is -2.36. The molecule has 1 atom stereocenters. The minimum absolute atomic E-state index is 0.104. The van der Waals surface area contributed by atoms with Gasteiger partial charge in [0.25, 0.3) is 5.91 Å². The molecule has 1 aliphatic heterocycles. The first kappa shape index (κ1) is 15.6. The van der Waals surface area contributed by atoms with Gasteiger partial charge in [0.1, 0.15) is 5.69 Å². The molecule has 3 aromatic rings. The Hall–Kier alpha value is -2.89. The molecule has 2 N–H and O–H groups in total. The molecular weight excluding hydrogens is 316 g/mol. The number of H-pyrrole nitrogens is 2. The second-order valence-electron chi connectivity index (χ2n) is 7.03. The van der Waals surface area contributed by atoms with Crippen LogP contribution in [0, 0.1) is 0 Å². The number of likely N-dealkylation sites (tertiary alicyclic amines) is 1. The van der Waals surface area contributed by atoms with Crippen LogP contribution in [0.15, 0.2) is 47.3 Å². The maximum atomic E-state index is 13.1. The molecule has 1 amide bonds. The summed E-state index contributed by atoms with van der Waals surface area (Å²) in [5.41, 5.74) is 1.99. The maximum Gasteiger partial charge on any atom is 0.325 e. The molecule has 0 saturated carbocycles. The molecule has 0 radical (unpaired) electrons. The van der Waals surface area contributed by atoms with Crippen molar-refractivity contribution in [3.63, 3.8) is 0 Å². The van der Waals surface area contributed by atoms with Crippen LogP contribution >= 0.6 is 0 Å². The molecule has 0 unspecified atom stereocenters. The fraction of sp³-hybridized carbons (Fsp3) is 0.316. The number of carbonyl (C=O) groups excluding carboxylic acids is 1. The van der Waals surface area contributed by atoms with Crippen molar-refractivity contribution in [1.82, 2.24) is 19.9 Å². The number of amides is 1. The van der Waals surface area contributed by atoms with Gasteiger partial charge >= 0.3 is 5.69 Å². The zero-order valence-electron chi connectivity index (χ0n) is 14.2. The van der Waals surface area contributed by atoms with Crippen molar-refractivity contribution in [1.29, 1.82) is 0 Å². The summed E-state index contributed by atoms with van der Waals surface area (Å²) in [4.78, 5) is 35.9. The molecule has 1 aliphatic rings. The first-order valence-electron chi connectivity index (χ1n) is 8.43. The molecule has 1 aromatic carbocycles. The summed E-state index contributed by atoms with van der Waals surface area (Å²) in [6.07, 6.45) is 0.923. The Labute approximate surface area is 144 Å². The molecule has 0 bridgehead atoms. The third kappa shape index (κ3) is 2.54. The number of fused-ring (bicyclic) bond motifs is 1. The summed E-state index contributed by atoms with van der Waals surface area (Å²) in [6.45, 7) is 4.90. The van der Waals surface area contributed by atoms with Gasteiger partial charge in [0.15, 0.2) is 5.65 Å². The van der Waals surface area contributed by atoms with E-state index in [1.807, 2.05) is 23.1 Å². The van der Waals surface area contributed by atoms with E-state index in [4.69, 9.17) is 0 Å². The lowest BCUT2D eigenvalue weighted by Crippen LogP contribution is -2.45. The fourth-order valence-corrected chi connectivity index (χ4v) is 3.88. The number of hydrogen-bond donors (Lipinski definition) is 2. The van der Waals surface area contributed by atoms with Crippen LogP contribution in [0.2, 0.25) is 0 Å². The van der Waals surface area contributed by atoms with E-state index in [0.717, 1.165) is 6.42 Å². The molecule has 6 nitrogen and oxygen atoms in total. The molecule has 2 aromatic heterocycles. The van der Waals surface area contributed by atoms with Gasteiger partial charge in [-0.3, -0.25) is 9.78 Å². The number of imidazole rings is 1. The molecule has 6 heteroatoms. The second-order valence-corrected chi connectivity index (χ2v) is 7.03. The van der Waals surface area contributed by atoms with Gasteiger partial charge in [-0.05, 0) is 38.0 Å². The molecule has 1 saturated heterocycles. The molecule has 0 spiro atoms. The van der Waals surface area contributed by atoms with Crippen molar-refractivity contribution < 1.29 is 4.79 Å². The van der Waals surface area contributed by atoms with Crippen LogP contribution in [0.3, 0.4) is 0 Å². The minimum Gasteiger partial charge on any atom is -0.332 e. The van der Waals surface area contributed by atoms with Gasteiger partial charge in [-0.2, -0.15) is 0 Å². The SMILES string of the molecule is CC1(C)[C@@H](c2ccccc2)CCN1C(=O)c1ccc2[nH]c(=O)[nH]c2n1. The van der Waals surface area contributed by atoms with E-state index in [1.54, 1.807) is 12.1 Å². The summed E-state index contributed by atoms with van der Waals surface area (Å²) >= 11 is 0. The summed E-state index contributed by atoms with van der Waals surface area (Å²) in [7, 11) is 0. The van der Waals surface area contributed by atoms with Crippen LogP contribution in [0.5, 0.6) is 0 Å². The topological polar surface area (TPSA) is 81.9 Å². The van der Waals surface area contributed by atoms with Gasteiger partial charge in [0, 0.05) is 18.0 Å². The number of rotatable bonds is 2. The highest BCUT2D eigenvalue weighted by molar-refractivity contribution is 5.94. The first-order chi connectivity index (χ1) is 12.0. The van der Waals surface area contributed by atoms with Crippen LogP contribution < -0.4 is 5.69 Å². The summed E-state index contributed by atoms with van der Waals surface area (Å²) in [5.74, 6) is 0.181. The lowest BCUT2D eigenvalue weighted by atomic mass is 9.82. The van der Waals surface area contributed by atoms with Gasteiger partial charge in [-0.1, -0.05) is 30.3 Å². The molecule has 1 fully saturated rings. The largest absolute Gasteiger partial charge is 0.332 e. The molecule has 3 heterocycles. The molecular formula is C19H20N4O2. The van der Waals surface area contributed by atoms with Crippen molar-refractivity contribution in [2.45, 2.75) is 31.7 Å². The van der Waals surface area contributed by atoms with Crippen LogP contribution in [0.4, 0.5) is 0 Å². The van der Waals surface area contributed by atoms with Gasteiger partial charge in [0.05, 0.1) is 5.52 Å². The third-order valence-corrected chi connectivity index (χ3v) is 5.23. The zero-order chi connectivity index (χ0) is 17.6. The van der Waals surface area contributed by atoms with Crippen LogP contribution in [0.25, 0.3) is 11.2 Å². The van der Waals surface area contributed by atoms with Gasteiger partial charge in [-0.25, -0.2) is 9.78 Å². The number of nitrogens with zero attached hydrogens (tertiary/aromatic N) is 2. The Kier molecular flexibility index (Phi) is 3.49. The number of nitrogens with one attached hydrogen (secondary N) is 2. The third-order valence-electron chi connectivity index (χ3n) is 5.23. The molecule has 0 aliphatic carbocycles. The van der Waals surface area contributed by atoms with E-state index in [-0.39, 0.29) is 23.1 Å². The highest BCUT2D eigenvalue weighted by Crippen LogP contribution is 2.42. The van der Waals surface area contributed by atoms with E-state index in [9.17, 15) is 9.59 Å². The van der Waals surface area contributed by atoms with Crippen molar-refractivity contribution in [3.8, 4) is 0 Å². The number of aromatic amines is 2. The predicted molar refractivity (Wildman–Crippen MR) is 95.6 cm³/mol. The average molecular weight is 336 g/mol. The van der Waals surface area contributed by atoms with Crippen molar-refractivity contribution in [3.05, 3.63) is 64.2 Å². The van der Waals surface area contributed by atoms with Crippen LogP contribution in [0.1, 0.15) is 42.2 Å². The predicted octanol–water partition coefficient (Wildman–Crippen LogP) is 2.66. The van der Waals surface area contributed by atoms with Crippen molar-refractivity contribution in [2.75, 3.05) is 6.54 Å². The molecule has 4 rings (SSSR count). The van der Waals surface area contributed by atoms with E-state index in [1.165, 1.54) is 5.56 Å². The highest BCUT2D eigenvalue weighted by Gasteiger charge is 2.44. The van der Waals surface area contributed by atoms with Gasteiger partial charge in [-0.15, -0.1) is 0 Å². The van der Waals surface area contributed by atoms with E-state index in [2.05, 4.69) is 40.9 Å². The van der Waals surface area contributed by atoms with Crippen molar-refractivity contribution >= 4 is 17.1 Å². The summed E-state index contributed by atoms with van der Waals surface area (Å²) in [5, 5.41) is 0. The van der Waals surface area contributed by atoms with E-state index < -0.39 is 0 Å². The van der Waals surface area contributed by atoms with Gasteiger partial charge in [0.2, 0.25) is 0 Å². The molecule has 128 valence electrons. The number of pyridine rings is 1. The standard InChI is InChI=1S/C19H20N4O2/c1-19(2)13(12-6-4-3-5-7-12)10-11-23(19)17(24)15-9-8-14-16(20-15)22-18(25)21-14/h3-9,13H,10-11H2,1-2H3,(H2,20,21,22,25)/t13-/m1/s1. The monoisotopic (exact) mass is 336 g/mol. The van der Waals surface area contributed by atoms with Gasteiger partial charge < -0.3 is 9.88 Å². The normalized spacial score (nSPS) is 19.4. The van der Waals surface area contributed by atoms with Crippen LogP contribution in [-0.2, 0) is 0 Å². The Bertz CT molecular complexity index is 987. The first-order valence-corrected chi connectivity index (χ1v) is 8.43. The maximum absolute atomic E-state index is 13.1. The molecule has 25 heavy (non-hydrogen) atoms. The lowest BCUT2D eigenvalue weighted by molar-refractivity contribution is 0.0629. The van der Waals surface area contributed by atoms with E-state index in [0.29, 0.717) is 23.4 Å². The fourth-order valence-electron chi connectivity index (χ4n) is 3.88. The second kappa shape index (κ2) is 5.58. The Morgan fingerprint density at radius 2 is 1.92 bits per heavy atom. The summed E-state index contributed by atoms with van der Waals surface area (Å²) < 4.78 is 0. The average Bonchev–Trinajstić information content (AvgIpc) is 3.12. The number of hydrogen-bond acceptors (Lipinski definition) is 3. The number of carbonyl (C=O) groups is 1. The quantitative estimate of drug-likeness (QED) is 0.755. The summed E-state index contributed by atoms with van der Waals surface area (Å²) in [6, 6.07) is 13.7. The zero-order valence-corrected chi connectivity index (χ0v) is 14.2. The minimum atomic E-state index is -0.322. The van der Waals surface area contributed by atoms with Crippen LogP contribution in [-0.4, -0.2) is 37.8 Å². The Morgan fingerprint density at radius 3 is 2.68 bits per heavy atom. The number of aromatic nitrogens is 3. The Balaban J connectivity index is 1.66.